The molecule has 1 aliphatic rings. The minimum absolute atomic E-state index is 0.0976. The van der Waals surface area contributed by atoms with Gasteiger partial charge in [0.25, 0.3) is 0 Å². The third-order valence-corrected chi connectivity index (χ3v) is 5.37. The van der Waals surface area contributed by atoms with Crippen molar-refractivity contribution in [2.24, 2.45) is 0 Å². The number of nitrogens with two attached hydrogens (primary N) is 1. The van der Waals surface area contributed by atoms with Gasteiger partial charge in [0, 0.05) is 24.0 Å². The summed E-state index contributed by atoms with van der Waals surface area (Å²) in [6.07, 6.45) is 3.16. The zero-order chi connectivity index (χ0) is 17.8. The molecule has 1 heterocycles. The van der Waals surface area contributed by atoms with E-state index in [1.165, 1.54) is 11.6 Å². The zero-order valence-electron chi connectivity index (χ0n) is 15.3. The van der Waals surface area contributed by atoms with Gasteiger partial charge in [0.1, 0.15) is 12.4 Å². The summed E-state index contributed by atoms with van der Waals surface area (Å²) in [5, 5.41) is 2.23. The zero-order valence-corrected chi connectivity index (χ0v) is 15.3. The fraction of sp³-hybridized carbons (Fsp3) is 0.455. The predicted octanol–water partition coefficient (Wildman–Crippen LogP) is 3.81. The molecular formula is C22H29FNO+. The molecule has 2 nitrogen and oxygen atoms in total. The van der Waals surface area contributed by atoms with Gasteiger partial charge in [-0.3, -0.25) is 0 Å². The lowest BCUT2D eigenvalue weighted by Gasteiger charge is -2.45. The lowest BCUT2D eigenvalue weighted by molar-refractivity contribution is -0.672. The molecule has 2 N–H and O–H groups in total. The van der Waals surface area contributed by atoms with E-state index in [9.17, 15) is 4.39 Å². The van der Waals surface area contributed by atoms with Crippen LogP contribution in [0, 0.1) is 5.82 Å². The molecule has 0 aromatic heterocycles. The smallest absolute Gasteiger partial charge is 0.132 e. The standard InChI is InChI=1S/C22H28FNO/c1-21(2)17-22(13-15-25-21,19-9-4-3-5-10-19)12-14-24-16-18-8-6-7-11-20(18)23/h3-11,24H,12-17H2,1-2H3/p+1/t22-/m0/s1. The first-order valence-corrected chi connectivity index (χ1v) is 9.25. The van der Waals surface area contributed by atoms with Gasteiger partial charge in [0.15, 0.2) is 0 Å². The van der Waals surface area contributed by atoms with Crippen LogP contribution in [0.5, 0.6) is 0 Å². The Labute approximate surface area is 150 Å². The summed E-state index contributed by atoms with van der Waals surface area (Å²) >= 11 is 0. The van der Waals surface area contributed by atoms with Gasteiger partial charge in [0.2, 0.25) is 0 Å². The molecule has 1 atom stereocenters. The van der Waals surface area contributed by atoms with Gasteiger partial charge in [0.05, 0.1) is 12.1 Å². The molecule has 3 rings (SSSR count). The number of hydrogen-bond acceptors (Lipinski definition) is 1. The second kappa shape index (κ2) is 7.67. The lowest BCUT2D eigenvalue weighted by atomic mass is 9.67. The SMILES string of the molecule is CC1(C)C[C@@](CC[NH2+]Cc2ccccc2F)(c2ccccc2)CCO1. The fourth-order valence-corrected chi connectivity index (χ4v) is 4.17. The first-order valence-electron chi connectivity index (χ1n) is 9.25. The van der Waals surface area contributed by atoms with E-state index < -0.39 is 0 Å². The van der Waals surface area contributed by atoms with Crippen molar-refractivity contribution >= 4 is 0 Å². The van der Waals surface area contributed by atoms with Gasteiger partial charge in [-0.15, -0.1) is 0 Å². The quantitative estimate of drug-likeness (QED) is 0.794. The maximum absolute atomic E-state index is 13.8. The van der Waals surface area contributed by atoms with Gasteiger partial charge in [-0.25, -0.2) is 4.39 Å². The molecule has 0 bridgehead atoms. The number of benzene rings is 2. The molecule has 0 radical (unpaired) electrons. The molecule has 1 fully saturated rings. The van der Waals surface area contributed by atoms with Crippen molar-refractivity contribution < 1.29 is 14.4 Å². The average Bonchev–Trinajstić information content (AvgIpc) is 2.60. The monoisotopic (exact) mass is 342 g/mol. The number of halogens is 1. The summed E-state index contributed by atoms with van der Waals surface area (Å²) < 4.78 is 19.8. The first kappa shape index (κ1) is 18.1. The van der Waals surface area contributed by atoms with Crippen LogP contribution in [0.1, 0.15) is 44.2 Å². The van der Waals surface area contributed by atoms with Gasteiger partial charge in [-0.2, -0.15) is 0 Å². The van der Waals surface area contributed by atoms with Crippen molar-refractivity contribution in [1.82, 2.24) is 0 Å². The normalized spacial score (nSPS) is 22.7. The van der Waals surface area contributed by atoms with Crippen molar-refractivity contribution in [2.45, 2.75) is 50.7 Å². The van der Waals surface area contributed by atoms with Crippen molar-refractivity contribution in [3.8, 4) is 0 Å². The molecule has 0 unspecified atom stereocenters. The van der Waals surface area contributed by atoms with Crippen molar-refractivity contribution in [3.05, 3.63) is 71.5 Å². The topological polar surface area (TPSA) is 25.8 Å². The van der Waals surface area contributed by atoms with Crippen LogP contribution >= 0.6 is 0 Å². The second-order valence-corrected chi connectivity index (χ2v) is 7.80. The molecule has 0 amide bonds. The van der Waals surface area contributed by atoms with E-state index in [4.69, 9.17) is 4.74 Å². The molecule has 3 heteroatoms. The third kappa shape index (κ3) is 4.47. The molecule has 0 aliphatic carbocycles. The second-order valence-electron chi connectivity index (χ2n) is 7.80. The minimum atomic E-state index is -0.108. The molecule has 1 aliphatic heterocycles. The van der Waals surface area contributed by atoms with Crippen molar-refractivity contribution in [2.75, 3.05) is 13.2 Å². The highest BCUT2D eigenvalue weighted by molar-refractivity contribution is 5.27. The molecule has 1 saturated heterocycles. The number of rotatable bonds is 6. The minimum Gasteiger partial charge on any atom is -0.376 e. The summed E-state index contributed by atoms with van der Waals surface area (Å²) in [6, 6.07) is 17.9. The molecule has 0 spiro atoms. The maximum Gasteiger partial charge on any atom is 0.132 e. The van der Waals surface area contributed by atoms with E-state index in [0.717, 1.165) is 38.0 Å². The Hall–Kier alpha value is -1.71. The van der Waals surface area contributed by atoms with Crippen LogP contribution in [-0.4, -0.2) is 18.8 Å². The lowest BCUT2D eigenvalue weighted by Crippen LogP contribution is -2.83. The molecule has 2 aromatic carbocycles. The largest absolute Gasteiger partial charge is 0.376 e. The summed E-state index contributed by atoms with van der Waals surface area (Å²) in [7, 11) is 0. The van der Waals surface area contributed by atoms with Gasteiger partial charge in [-0.05, 0) is 38.3 Å². The summed E-state index contributed by atoms with van der Waals surface area (Å²) in [5.41, 5.74) is 2.24. The Balaban J connectivity index is 1.68. The van der Waals surface area contributed by atoms with Crippen LogP contribution in [0.4, 0.5) is 4.39 Å². The molecule has 25 heavy (non-hydrogen) atoms. The van der Waals surface area contributed by atoms with Crippen LogP contribution in [0.2, 0.25) is 0 Å². The predicted molar refractivity (Wildman–Crippen MR) is 98.9 cm³/mol. The highest BCUT2D eigenvalue weighted by Crippen LogP contribution is 2.43. The van der Waals surface area contributed by atoms with Crippen LogP contribution in [0.3, 0.4) is 0 Å². The van der Waals surface area contributed by atoms with Crippen molar-refractivity contribution in [1.29, 1.82) is 0 Å². The van der Waals surface area contributed by atoms with Gasteiger partial charge in [-0.1, -0.05) is 48.5 Å². The highest BCUT2D eigenvalue weighted by atomic mass is 19.1. The highest BCUT2D eigenvalue weighted by Gasteiger charge is 2.42. The molecular weight excluding hydrogens is 313 g/mol. The molecule has 2 aromatic rings. The molecule has 0 saturated carbocycles. The van der Waals surface area contributed by atoms with Gasteiger partial charge < -0.3 is 10.1 Å². The van der Waals surface area contributed by atoms with E-state index in [0.29, 0.717) is 6.54 Å². The number of hydrogen-bond donors (Lipinski definition) is 1. The van der Waals surface area contributed by atoms with Crippen LogP contribution in [0.25, 0.3) is 0 Å². The summed E-state index contributed by atoms with van der Waals surface area (Å²) in [5.74, 6) is -0.108. The average molecular weight is 342 g/mol. The van der Waals surface area contributed by atoms with Crippen LogP contribution in [-0.2, 0) is 16.7 Å². The molecule has 134 valence electrons. The van der Waals surface area contributed by atoms with E-state index in [1.54, 1.807) is 6.07 Å². The Morgan fingerprint density at radius 2 is 1.76 bits per heavy atom. The van der Waals surface area contributed by atoms with E-state index in [1.807, 2.05) is 12.1 Å². The maximum atomic E-state index is 13.8. The van der Waals surface area contributed by atoms with E-state index >= 15 is 0 Å². The van der Waals surface area contributed by atoms with E-state index in [2.05, 4.69) is 49.5 Å². The summed E-state index contributed by atoms with van der Waals surface area (Å²) in [6.45, 7) is 6.85. The van der Waals surface area contributed by atoms with E-state index in [-0.39, 0.29) is 16.8 Å². The number of ether oxygens (including phenoxy) is 1. The van der Waals surface area contributed by atoms with Crippen LogP contribution < -0.4 is 5.32 Å². The summed E-state index contributed by atoms with van der Waals surface area (Å²) in [4.78, 5) is 0. The fourth-order valence-electron chi connectivity index (χ4n) is 4.17. The number of quaternary nitrogens is 1. The Morgan fingerprint density at radius 1 is 1.04 bits per heavy atom. The Bertz CT molecular complexity index is 685. The Morgan fingerprint density at radius 3 is 2.48 bits per heavy atom. The first-order chi connectivity index (χ1) is 12.0. The van der Waals surface area contributed by atoms with Gasteiger partial charge >= 0.3 is 0 Å². The van der Waals surface area contributed by atoms with Crippen molar-refractivity contribution in [3.63, 3.8) is 0 Å². The Kier molecular flexibility index (Phi) is 5.55. The third-order valence-electron chi connectivity index (χ3n) is 5.37. The van der Waals surface area contributed by atoms with Crippen LogP contribution in [0.15, 0.2) is 54.6 Å².